The molecule has 0 unspecified atom stereocenters. The van der Waals surface area contributed by atoms with E-state index in [-0.39, 0.29) is 24.5 Å². The first kappa shape index (κ1) is 13.0. The first-order chi connectivity index (χ1) is 9.54. The highest BCUT2D eigenvalue weighted by atomic mass is 19.1. The number of aromatic nitrogens is 2. The summed E-state index contributed by atoms with van der Waals surface area (Å²) in [5, 5.41) is 17.4. The topological polar surface area (TPSA) is 62.4 Å². The van der Waals surface area contributed by atoms with Crippen molar-refractivity contribution in [2.75, 3.05) is 11.4 Å². The van der Waals surface area contributed by atoms with E-state index in [4.69, 9.17) is 4.42 Å². The van der Waals surface area contributed by atoms with E-state index in [9.17, 15) is 13.9 Å². The van der Waals surface area contributed by atoms with Crippen molar-refractivity contribution in [3.05, 3.63) is 41.3 Å². The average molecular weight is 281 g/mol. The number of hydrogen-bond acceptors (Lipinski definition) is 5. The van der Waals surface area contributed by atoms with Crippen LogP contribution in [0.4, 0.5) is 14.8 Å². The predicted octanol–water partition coefficient (Wildman–Crippen LogP) is 1.97. The largest absolute Gasteiger partial charge is 0.408 e. The van der Waals surface area contributed by atoms with Crippen LogP contribution in [0, 0.1) is 18.6 Å². The van der Waals surface area contributed by atoms with Gasteiger partial charge in [0.1, 0.15) is 11.6 Å². The number of rotatable bonds is 2. The van der Waals surface area contributed by atoms with Crippen LogP contribution < -0.4 is 4.90 Å². The molecular formula is C13H13F2N3O2. The normalized spacial score (nSPS) is 22.5. The summed E-state index contributed by atoms with van der Waals surface area (Å²) in [6.45, 7) is 1.88. The Morgan fingerprint density at radius 3 is 2.85 bits per heavy atom. The molecule has 1 N–H and O–H groups in total. The summed E-state index contributed by atoms with van der Waals surface area (Å²) in [6, 6.07) is 2.94. The maximum absolute atomic E-state index is 13.9. The molecule has 0 radical (unpaired) electrons. The van der Waals surface area contributed by atoms with Crippen molar-refractivity contribution in [3.63, 3.8) is 0 Å². The van der Waals surface area contributed by atoms with Gasteiger partial charge < -0.3 is 14.4 Å². The van der Waals surface area contributed by atoms with Crippen LogP contribution in [0.5, 0.6) is 0 Å². The van der Waals surface area contributed by atoms with Crippen LogP contribution in [0.15, 0.2) is 22.6 Å². The van der Waals surface area contributed by atoms with Gasteiger partial charge in [-0.1, -0.05) is 5.10 Å². The highest BCUT2D eigenvalue weighted by molar-refractivity contribution is 5.37. The van der Waals surface area contributed by atoms with Crippen molar-refractivity contribution in [1.82, 2.24) is 10.2 Å². The monoisotopic (exact) mass is 281 g/mol. The first-order valence-corrected chi connectivity index (χ1v) is 6.24. The van der Waals surface area contributed by atoms with Crippen LogP contribution >= 0.6 is 0 Å². The molecule has 1 fully saturated rings. The Bertz CT molecular complexity index is 632. The summed E-state index contributed by atoms with van der Waals surface area (Å²) in [5.41, 5.74) is 0.178. The van der Waals surface area contributed by atoms with Gasteiger partial charge in [-0.2, -0.15) is 0 Å². The average Bonchev–Trinajstić information content (AvgIpc) is 2.98. The lowest BCUT2D eigenvalue weighted by molar-refractivity contribution is 0.194. The van der Waals surface area contributed by atoms with E-state index in [2.05, 4.69) is 10.2 Å². The Labute approximate surface area is 113 Å². The van der Waals surface area contributed by atoms with E-state index >= 15 is 0 Å². The summed E-state index contributed by atoms with van der Waals surface area (Å²) in [4.78, 5) is 1.60. The molecule has 7 heteroatoms. The van der Waals surface area contributed by atoms with E-state index in [0.717, 1.165) is 18.2 Å². The molecule has 20 heavy (non-hydrogen) atoms. The Hall–Kier alpha value is -2.02. The highest BCUT2D eigenvalue weighted by Gasteiger charge is 2.36. The molecule has 0 amide bonds. The number of anilines is 1. The van der Waals surface area contributed by atoms with Gasteiger partial charge in [0.15, 0.2) is 0 Å². The maximum Gasteiger partial charge on any atom is 0.318 e. The number of aryl methyl sites for hydroxylation is 1. The van der Waals surface area contributed by atoms with Gasteiger partial charge in [0.25, 0.3) is 0 Å². The van der Waals surface area contributed by atoms with E-state index in [1.54, 1.807) is 11.8 Å². The standard InChI is InChI=1S/C13H13F2N3O2/c1-7-16-17-13(20-7)18-6-9(19)5-12(18)10-4-8(14)2-3-11(10)15/h2-4,9,12,19H,5-6H2,1H3/t9-,12+/m1/s1. The zero-order valence-corrected chi connectivity index (χ0v) is 10.8. The Morgan fingerprint density at radius 1 is 1.35 bits per heavy atom. The molecule has 2 aromatic rings. The third kappa shape index (κ3) is 2.24. The molecule has 0 aliphatic carbocycles. The number of hydrogen-bond donors (Lipinski definition) is 1. The molecule has 1 saturated heterocycles. The van der Waals surface area contributed by atoms with E-state index in [1.807, 2.05) is 0 Å². The van der Waals surface area contributed by atoms with Crippen molar-refractivity contribution >= 4 is 6.01 Å². The lowest BCUT2D eigenvalue weighted by Gasteiger charge is -2.22. The summed E-state index contributed by atoms with van der Waals surface area (Å²) >= 11 is 0. The number of benzene rings is 1. The molecular weight excluding hydrogens is 268 g/mol. The molecule has 5 nitrogen and oxygen atoms in total. The Balaban J connectivity index is 2.00. The molecule has 0 saturated carbocycles. The summed E-state index contributed by atoms with van der Waals surface area (Å²) in [6.07, 6.45) is -0.378. The molecule has 2 heterocycles. The number of β-amino-alcohol motifs (C(OH)–C–C–N with tert-alkyl or cyclic N) is 1. The van der Waals surface area contributed by atoms with Crippen LogP contribution in [0.1, 0.15) is 23.9 Å². The van der Waals surface area contributed by atoms with E-state index < -0.39 is 23.8 Å². The molecule has 0 bridgehead atoms. The maximum atomic E-state index is 13.9. The van der Waals surface area contributed by atoms with Crippen LogP contribution in [0.25, 0.3) is 0 Å². The van der Waals surface area contributed by atoms with Crippen molar-refractivity contribution in [3.8, 4) is 0 Å². The van der Waals surface area contributed by atoms with Crippen molar-refractivity contribution < 1.29 is 18.3 Å². The zero-order chi connectivity index (χ0) is 14.3. The highest BCUT2D eigenvalue weighted by Crippen LogP contribution is 2.36. The Kier molecular flexibility index (Phi) is 3.13. The minimum atomic E-state index is -0.658. The van der Waals surface area contributed by atoms with Gasteiger partial charge in [0, 0.05) is 19.0 Å². The molecule has 3 rings (SSSR count). The van der Waals surface area contributed by atoms with Crippen molar-refractivity contribution in [2.24, 2.45) is 0 Å². The second-order valence-electron chi connectivity index (χ2n) is 4.83. The van der Waals surface area contributed by atoms with Crippen LogP contribution in [-0.4, -0.2) is 28.0 Å². The van der Waals surface area contributed by atoms with Gasteiger partial charge in [0.05, 0.1) is 12.1 Å². The molecule has 1 aromatic carbocycles. The lowest BCUT2D eigenvalue weighted by atomic mass is 10.0. The lowest BCUT2D eigenvalue weighted by Crippen LogP contribution is -2.25. The quantitative estimate of drug-likeness (QED) is 0.911. The van der Waals surface area contributed by atoms with Crippen LogP contribution in [-0.2, 0) is 0 Å². The van der Waals surface area contributed by atoms with Gasteiger partial charge in [0.2, 0.25) is 5.89 Å². The van der Waals surface area contributed by atoms with Gasteiger partial charge in [-0.25, -0.2) is 8.78 Å². The third-order valence-electron chi connectivity index (χ3n) is 3.36. The second kappa shape index (κ2) is 4.82. The smallest absolute Gasteiger partial charge is 0.318 e. The zero-order valence-electron chi connectivity index (χ0n) is 10.8. The predicted molar refractivity (Wildman–Crippen MR) is 66.1 cm³/mol. The molecule has 106 valence electrons. The van der Waals surface area contributed by atoms with Crippen LogP contribution in [0.3, 0.4) is 0 Å². The number of nitrogens with zero attached hydrogens (tertiary/aromatic N) is 3. The first-order valence-electron chi connectivity index (χ1n) is 6.24. The minimum Gasteiger partial charge on any atom is -0.408 e. The van der Waals surface area contributed by atoms with Gasteiger partial charge in [-0.15, -0.1) is 5.10 Å². The van der Waals surface area contributed by atoms with Gasteiger partial charge in [-0.3, -0.25) is 0 Å². The summed E-state index contributed by atoms with van der Waals surface area (Å²) < 4.78 is 32.5. The van der Waals surface area contributed by atoms with Crippen LogP contribution in [0.2, 0.25) is 0 Å². The second-order valence-corrected chi connectivity index (χ2v) is 4.83. The minimum absolute atomic E-state index is 0.178. The van der Waals surface area contributed by atoms with E-state index in [0.29, 0.717) is 5.89 Å². The van der Waals surface area contributed by atoms with Gasteiger partial charge in [-0.05, 0) is 24.6 Å². The summed E-state index contributed by atoms with van der Waals surface area (Å²) in [5.74, 6) is -0.670. The number of aliphatic hydroxyl groups excluding tert-OH is 1. The number of aliphatic hydroxyl groups is 1. The number of halogens is 2. The fraction of sp³-hybridized carbons (Fsp3) is 0.385. The molecule has 0 spiro atoms. The fourth-order valence-corrected chi connectivity index (χ4v) is 2.49. The molecule has 1 aliphatic rings. The third-order valence-corrected chi connectivity index (χ3v) is 3.36. The van der Waals surface area contributed by atoms with Crippen molar-refractivity contribution in [2.45, 2.75) is 25.5 Å². The molecule has 1 aromatic heterocycles. The van der Waals surface area contributed by atoms with E-state index in [1.165, 1.54) is 0 Å². The molecule has 1 aliphatic heterocycles. The molecule has 2 atom stereocenters. The fourth-order valence-electron chi connectivity index (χ4n) is 2.49. The summed E-state index contributed by atoms with van der Waals surface area (Å²) in [7, 11) is 0. The van der Waals surface area contributed by atoms with Crippen molar-refractivity contribution in [1.29, 1.82) is 0 Å². The SMILES string of the molecule is Cc1nnc(N2C[C@H](O)C[C@H]2c2cc(F)ccc2F)o1. The van der Waals surface area contributed by atoms with Gasteiger partial charge >= 0.3 is 6.01 Å². The Morgan fingerprint density at radius 2 is 2.15 bits per heavy atom.